The minimum Gasteiger partial charge on any atom is -0.348 e. The molecule has 7 nitrogen and oxygen atoms in total. The van der Waals surface area contributed by atoms with Crippen molar-refractivity contribution < 1.29 is 9.18 Å². The van der Waals surface area contributed by atoms with E-state index in [1.165, 1.54) is 30.8 Å². The molecule has 0 atom stereocenters. The average Bonchev–Trinajstić information content (AvgIpc) is 2.63. The molecule has 1 aromatic carbocycles. The van der Waals surface area contributed by atoms with Crippen LogP contribution in [-0.4, -0.2) is 20.0 Å². The van der Waals surface area contributed by atoms with Crippen LogP contribution in [0.15, 0.2) is 39.9 Å². The van der Waals surface area contributed by atoms with Gasteiger partial charge in [-0.3, -0.25) is 18.7 Å². The maximum atomic E-state index is 13.7. The normalized spacial score (nSPS) is 10.9. The Bertz CT molecular complexity index is 1150. The fourth-order valence-electron chi connectivity index (χ4n) is 2.77. The zero-order valence-electron chi connectivity index (χ0n) is 14.5. The molecule has 1 N–H and O–H groups in total. The summed E-state index contributed by atoms with van der Waals surface area (Å²) in [6, 6.07) is 7.57. The van der Waals surface area contributed by atoms with Crippen LogP contribution >= 0.6 is 0 Å². The minimum atomic E-state index is -0.605. The van der Waals surface area contributed by atoms with Gasteiger partial charge in [0.05, 0.1) is 10.9 Å². The van der Waals surface area contributed by atoms with Gasteiger partial charge in [0.2, 0.25) is 0 Å². The smallest absolute Gasteiger partial charge is 0.332 e. The third kappa shape index (κ3) is 2.90. The monoisotopic (exact) mass is 356 g/mol. The third-order valence-electron chi connectivity index (χ3n) is 4.18. The second-order valence-electron chi connectivity index (χ2n) is 5.99. The average molecular weight is 356 g/mol. The number of halogens is 1. The van der Waals surface area contributed by atoms with E-state index < -0.39 is 23.0 Å². The number of nitrogens with zero attached hydrogens (tertiary/aromatic N) is 3. The topological polar surface area (TPSA) is 86.0 Å². The number of amides is 1. The molecule has 0 aliphatic heterocycles. The Hall–Kier alpha value is -3.29. The fraction of sp³-hybridized carbons (Fsp3) is 0.222. The molecule has 3 aromatic rings. The first-order chi connectivity index (χ1) is 12.3. The van der Waals surface area contributed by atoms with Crippen molar-refractivity contribution in [1.29, 1.82) is 0 Å². The van der Waals surface area contributed by atoms with Gasteiger partial charge >= 0.3 is 5.69 Å². The summed E-state index contributed by atoms with van der Waals surface area (Å²) >= 11 is 0. The van der Waals surface area contributed by atoms with Gasteiger partial charge in [0.15, 0.2) is 0 Å². The number of rotatable bonds is 3. The Kier molecular flexibility index (Phi) is 4.41. The van der Waals surface area contributed by atoms with Crippen LogP contribution in [0.1, 0.15) is 21.6 Å². The molecule has 0 spiro atoms. The van der Waals surface area contributed by atoms with Crippen LogP contribution in [0.2, 0.25) is 0 Å². The molecule has 0 saturated heterocycles. The highest BCUT2D eigenvalue weighted by Gasteiger charge is 2.19. The fourth-order valence-corrected chi connectivity index (χ4v) is 2.77. The second kappa shape index (κ2) is 6.55. The number of pyridine rings is 1. The molecule has 0 aliphatic rings. The molecule has 0 radical (unpaired) electrons. The maximum Gasteiger partial charge on any atom is 0.332 e. The van der Waals surface area contributed by atoms with Gasteiger partial charge in [0, 0.05) is 31.9 Å². The van der Waals surface area contributed by atoms with Gasteiger partial charge in [-0.25, -0.2) is 14.2 Å². The van der Waals surface area contributed by atoms with Crippen LogP contribution in [0, 0.1) is 12.7 Å². The SMILES string of the molecule is Cc1cc(C(=O)NCc2ccccc2F)c2c(=O)n(C)c(=O)n(C)c2n1. The molecule has 0 fully saturated rings. The molecule has 0 bridgehead atoms. The van der Waals surface area contributed by atoms with E-state index in [0.29, 0.717) is 11.3 Å². The molecule has 2 aromatic heterocycles. The van der Waals surface area contributed by atoms with Crippen LogP contribution in [0.4, 0.5) is 4.39 Å². The quantitative estimate of drug-likeness (QED) is 0.759. The standard InChI is InChI=1S/C18H17FN4O3/c1-10-8-12(16(24)20-9-11-6-4-5-7-13(11)19)14-15(21-10)22(2)18(26)23(3)17(14)25/h4-8H,9H2,1-3H3,(H,20,24). The first-order valence-corrected chi connectivity index (χ1v) is 7.90. The molecule has 1 amide bonds. The lowest BCUT2D eigenvalue weighted by Crippen LogP contribution is -2.38. The number of nitrogens with one attached hydrogen (secondary N) is 1. The number of fused-ring (bicyclic) bond motifs is 1. The predicted molar refractivity (Wildman–Crippen MR) is 94.5 cm³/mol. The summed E-state index contributed by atoms with van der Waals surface area (Å²) in [5, 5.41) is 2.66. The lowest BCUT2D eigenvalue weighted by molar-refractivity contribution is 0.0952. The van der Waals surface area contributed by atoms with E-state index >= 15 is 0 Å². The van der Waals surface area contributed by atoms with E-state index in [1.807, 2.05) is 0 Å². The van der Waals surface area contributed by atoms with Crippen LogP contribution in [0.3, 0.4) is 0 Å². The van der Waals surface area contributed by atoms with E-state index in [4.69, 9.17) is 0 Å². The molecule has 26 heavy (non-hydrogen) atoms. The van der Waals surface area contributed by atoms with Crippen molar-refractivity contribution in [2.75, 3.05) is 0 Å². The van der Waals surface area contributed by atoms with Gasteiger partial charge in [0.1, 0.15) is 11.5 Å². The predicted octanol–water partition coefficient (Wildman–Crippen LogP) is 1.01. The number of carbonyl (C=O) groups is 1. The Morgan fingerprint density at radius 1 is 1.19 bits per heavy atom. The molecular weight excluding hydrogens is 339 g/mol. The van der Waals surface area contributed by atoms with E-state index in [9.17, 15) is 18.8 Å². The molecule has 0 saturated carbocycles. The highest BCUT2D eigenvalue weighted by molar-refractivity contribution is 6.05. The Balaban J connectivity index is 2.10. The van der Waals surface area contributed by atoms with E-state index in [2.05, 4.69) is 10.3 Å². The van der Waals surface area contributed by atoms with Crippen LogP contribution in [0.25, 0.3) is 11.0 Å². The van der Waals surface area contributed by atoms with Gasteiger partial charge in [-0.2, -0.15) is 0 Å². The summed E-state index contributed by atoms with van der Waals surface area (Å²) < 4.78 is 15.9. The number of hydrogen-bond acceptors (Lipinski definition) is 4. The maximum absolute atomic E-state index is 13.7. The van der Waals surface area contributed by atoms with Crippen molar-refractivity contribution in [1.82, 2.24) is 19.4 Å². The zero-order valence-corrected chi connectivity index (χ0v) is 14.5. The Morgan fingerprint density at radius 3 is 2.58 bits per heavy atom. The Morgan fingerprint density at radius 2 is 1.88 bits per heavy atom. The highest BCUT2D eigenvalue weighted by atomic mass is 19.1. The lowest BCUT2D eigenvalue weighted by atomic mass is 10.1. The summed E-state index contributed by atoms with van der Waals surface area (Å²) in [6.07, 6.45) is 0. The first kappa shape index (κ1) is 17.5. The third-order valence-corrected chi connectivity index (χ3v) is 4.18. The lowest BCUT2D eigenvalue weighted by Gasteiger charge is -2.12. The van der Waals surface area contributed by atoms with Crippen molar-refractivity contribution in [3.05, 3.63) is 73.8 Å². The van der Waals surface area contributed by atoms with Crippen LogP contribution < -0.4 is 16.6 Å². The van der Waals surface area contributed by atoms with E-state index in [0.717, 1.165) is 4.57 Å². The Labute approximate surface area is 147 Å². The van der Waals surface area contributed by atoms with Gasteiger partial charge in [0.25, 0.3) is 11.5 Å². The highest BCUT2D eigenvalue weighted by Crippen LogP contribution is 2.14. The van der Waals surface area contributed by atoms with Crippen LogP contribution in [-0.2, 0) is 20.6 Å². The minimum absolute atomic E-state index is 0.0273. The van der Waals surface area contributed by atoms with Gasteiger partial charge in [-0.05, 0) is 19.1 Å². The number of benzene rings is 1. The van der Waals surface area contributed by atoms with E-state index in [1.54, 1.807) is 25.1 Å². The number of hydrogen-bond donors (Lipinski definition) is 1. The second-order valence-corrected chi connectivity index (χ2v) is 5.99. The largest absolute Gasteiger partial charge is 0.348 e. The van der Waals surface area contributed by atoms with Crippen molar-refractivity contribution in [2.24, 2.45) is 14.1 Å². The number of carbonyl (C=O) groups excluding carboxylic acids is 1. The molecular formula is C18H17FN4O3. The molecule has 0 unspecified atom stereocenters. The summed E-state index contributed by atoms with van der Waals surface area (Å²) in [5.41, 5.74) is -0.0906. The molecule has 3 rings (SSSR count). The van der Waals surface area contributed by atoms with Crippen LogP contribution in [0.5, 0.6) is 0 Å². The molecule has 0 aliphatic carbocycles. The van der Waals surface area contributed by atoms with Gasteiger partial charge in [-0.15, -0.1) is 0 Å². The van der Waals surface area contributed by atoms with E-state index in [-0.39, 0.29) is 23.1 Å². The summed E-state index contributed by atoms with van der Waals surface area (Å²) in [6.45, 7) is 1.63. The van der Waals surface area contributed by atoms with Crippen molar-refractivity contribution in [3.63, 3.8) is 0 Å². The van der Waals surface area contributed by atoms with Crippen molar-refractivity contribution >= 4 is 16.9 Å². The summed E-state index contributed by atoms with van der Waals surface area (Å²) in [4.78, 5) is 41.5. The van der Waals surface area contributed by atoms with Gasteiger partial charge in [-0.1, -0.05) is 18.2 Å². The summed E-state index contributed by atoms with van der Waals surface area (Å²) in [5.74, 6) is -0.971. The molecule has 134 valence electrons. The molecule has 8 heteroatoms. The van der Waals surface area contributed by atoms with Gasteiger partial charge < -0.3 is 5.32 Å². The first-order valence-electron chi connectivity index (χ1n) is 7.90. The number of aromatic nitrogens is 3. The van der Waals surface area contributed by atoms with Crippen molar-refractivity contribution in [3.8, 4) is 0 Å². The summed E-state index contributed by atoms with van der Waals surface area (Å²) in [7, 11) is 2.82. The zero-order chi connectivity index (χ0) is 19.0. The van der Waals surface area contributed by atoms with Crippen molar-refractivity contribution in [2.45, 2.75) is 13.5 Å². The number of aryl methyl sites for hydroxylation is 2. The molecule has 2 heterocycles.